The molecule has 0 saturated heterocycles. The Hall–Kier alpha value is -3.20. The zero-order valence-corrected chi connectivity index (χ0v) is 12.6. The Kier molecular flexibility index (Phi) is 3.24. The number of nitrogens with zero attached hydrogens (tertiary/aromatic N) is 2. The van der Waals surface area contributed by atoms with Gasteiger partial charge in [0.1, 0.15) is 5.69 Å². The molecule has 2 N–H and O–H groups in total. The average molecular weight is 298 g/mol. The summed E-state index contributed by atoms with van der Waals surface area (Å²) in [5, 5.41) is 0.955. The standard InChI is InChI=1S/C20H15N3/c21-19-17-13-7-8-14-18(17)22-20(15-9-3-1-4-10-15)23(19)16-11-5-2-6-12-16/h1-14,21H/p+1. The Morgan fingerprint density at radius 3 is 2.04 bits per heavy atom. The number of hydrogen-bond donors (Lipinski definition) is 1. The number of rotatable bonds is 2. The first-order valence-electron chi connectivity index (χ1n) is 7.56. The molecule has 0 unspecified atom stereocenters. The van der Waals surface area contributed by atoms with Gasteiger partial charge in [-0.2, -0.15) is 4.57 Å². The van der Waals surface area contributed by atoms with Crippen LogP contribution in [-0.2, 0) is 0 Å². The molecule has 0 fully saturated rings. The van der Waals surface area contributed by atoms with E-state index in [9.17, 15) is 0 Å². The third-order valence-electron chi connectivity index (χ3n) is 3.91. The molecule has 0 radical (unpaired) electrons. The maximum atomic E-state index is 6.51. The highest BCUT2D eigenvalue weighted by Crippen LogP contribution is 2.23. The summed E-state index contributed by atoms with van der Waals surface area (Å²) < 4.78 is 2.01. The fraction of sp³-hybridized carbons (Fsp3) is 0. The van der Waals surface area contributed by atoms with Crippen molar-refractivity contribution >= 4 is 16.7 Å². The summed E-state index contributed by atoms with van der Waals surface area (Å²) in [5.74, 6) is 1.54. The van der Waals surface area contributed by atoms with Crippen molar-refractivity contribution in [2.24, 2.45) is 0 Å². The molecule has 1 heterocycles. The Morgan fingerprint density at radius 2 is 1.30 bits per heavy atom. The van der Waals surface area contributed by atoms with E-state index in [1.165, 1.54) is 0 Å². The highest BCUT2D eigenvalue weighted by Gasteiger charge is 2.21. The van der Waals surface area contributed by atoms with Crippen molar-refractivity contribution in [1.29, 1.82) is 0 Å². The van der Waals surface area contributed by atoms with Gasteiger partial charge in [0, 0.05) is 0 Å². The first-order valence-corrected chi connectivity index (χ1v) is 7.56. The summed E-state index contributed by atoms with van der Waals surface area (Å²) in [4.78, 5) is 4.87. The number of fused-ring (bicyclic) bond motifs is 1. The maximum Gasteiger partial charge on any atom is 0.275 e. The summed E-state index contributed by atoms with van der Waals surface area (Å²) in [6, 6.07) is 28.2. The highest BCUT2D eigenvalue weighted by atomic mass is 15.1. The molecule has 0 bridgehead atoms. The number of hydrogen-bond acceptors (Lipinski definition) is 2. The second-order valence-electron chi connectivity index (χ2n) is 5.37. The van der Waals surface area contributed by atoms with Gasteiger partial charge >= 0.3 is 0 Å². The summed E-state index contributed by atoms with van der Waals surface area (Å²) in [5.41, 5.74) is 9.45. The van der Waals surface area contributed by atoms with E-state index in [4.69, 9.17) is 10.7 Å². The van der Waals surface area contributed by atoms with Crippen LogP contribution in [0.3, 0.4) is 0 Å². The Morgan fingerprint density at radius 1 is 0.696 bits per heavy atom. The first kappa shape index (κ1) is 13.5. The van der Waals surface area contributed by atoms with E-state index >= 15 is 0 Å². The van der Waals surface area contributed by atoms with Gasteiger partial charge in [-0.1, -0.05) is 48.5 Å². The van der Waals surface area contributed by atoms with Gasteiger partial charge in [0.2, 0.25) is 5.82 Å². The molecular formula is C20H16N3+. The minimum Gasteiger partial charge on any atom is -0.318 e. The monoisotopic (exact) mass is 298 g/mol. The third kappa shape index (κ3) is 2.32. The Balaban J connectivity index is 2.11. The lowest BCUT2D eigenvalue weighted by Gasteiger charge is -2.11. The topological polar surface area (TPSA) is 42.8 Å². The molecule has 3 aromatic carbocycles. The largest absolute Gasteiger partial charge is 0.318 e. The van der Waals surface area contributed by atoms with Crippen LogP contribution in [0.4, 0.5) is 5.82 Å². The van der Waals surface area contributed by atoms with Crippen LogP contribution >= 0.6 is 0 Å². The highest BCUT2D eigenvalue weighted by molar-refractivity contribution is 5.87. The lowest BCUT2D eigenvalue weighted by molar-refractivity contribution is -0.569. The molecule has 110 valence electrons. The second-order valence-corrected chi connectivity index (χ2v) is 5.37. The number of nitrogens with two attached hydrogens (primary N) is 1. The minimum absolute atomic E-state index is 0.695. The zero-order chi connectivity index (χ0) is 15.6. The van der Waals surface area contributed by atoms with Crippen LogP contribution in [0.5, 0.6) is 0 Å². The van der Waals surface area contributed by atoms with Crippen molar-refractivity contribution in [3.63, 3.8) is 0 Å². The van der Waals surface area contributed by atoms with Crippen LogP contribution < -0.4 is 10.3 Å². The van der Waals surface area contributed by atoms with Crippen molar-refractivity contribution in [1.82, 2.24) is 4.98 Å². The number of para-hydroxylation sites is 2. The van der Waals surface area contributed by atoms with E-state index in [0.717, 1.165) is 28.0 Å². The minimum atomic E-state index is 0.695. The molecule has 0 amide bonds. The molecule has 0 aliphatic rings. The molecule has 0 aliphatic carbocycles. The van der Waals surface area contributed by atoms with Crippen LogP contribution in [0.1, 0.15) is 0 Å². The van der Waals surface area contributed by atoms with Crippen molar-refractivity contribution in [3.05, 3.63) is 84.9 Å². The number of aromatic nitrogens is 2. The van der Waals surface area contributed by atoms with Crippen molar-refractivity contribution in [2.45, 2.75) is 0 Å². The third-order valence-corrected chi connectivity index (χ3v) is 3.91. The maximum absolute atomic E-state index is 6.51. The van der Waals surface area contributed by atoms with Gasteiger partial charge in [0.25, 0.3) is 5.82 Å². The molecule has 0 saturated carbocycles. The number of benzene rings is 3. The normalized spacial score (nSPS) is 10.8. The number of nitrogen functional groups attached to an aromatic ring is 1. The van der Waals surface area contributed by atoms with Crippen LogP contribution in [0.15, 0.2) is 84.9 Å². The van der Waals surface area contributed by atoms with Crippen LogP contribution in [0.2, 0.25) is 0 Å². The van der Waals surface area contributed by atoms with Gasteiger partial charge < -0.3 is 5.73 Å². The van der Waals surface area contributed by atoms with Gasteiger partial charge in [-0.3, -0.25) is 0 Å². The Labute approximate surface area is 134 Å². The molecule has 0 spiro atoms. The molecule has 4 aromatic rings. The summed E-state index contributed by atoms with van der Waals surface area (Å²) in [6.45, 7) is 0. The van der Waals surface area contributed by atoms with E-state index in [0.29, 0.717) is 5.82 Å². The summed E-state index contributed by atoms with van der Waals surface area (Å²) in [7, 11) is 0. The molecule has 0 aliphatic heterocycles. The summed E-state index contributed by atoms with van der Waals surface area (Å²) >= 11 is 0. The molecule has 1 aromatic heterocycles. The average Bonchev–Trinajstić information content (AvgIpc) is 2.63. The predicted octanol–water partition coefficient (Wildman–Crippen LogP) is 3.76. The van der Waals surface area contributed by atoms with E-state index in [1.807, 2.05) is 77.4 Å². The van der Waals surface area contributed by atoms with E-state index in [1.54, 1.807) is 0 Å². The number of anilines is 1. The van der Waals surface area contributed by atoms with E-state index in [2.05, 4.69) is 12.1 Å². The molecule has 0 atom stereocenters. The fourth-order valence-electron chi connectivity index (χ4n) is 2.81. The molecule has 3 nitrogen and oxygen atoms in total. The van der Waals surface area contributed by atoms with Crippen LogP contribution in [0, 0.1) is 0 Å². The van der Waals surface area contributed by atoms with Crippen LogP contribution in [-0.4, -0.2) is 4.98 Å². The van der Waals surface area contributed by atoms with Crippen LogP contribution in [0.25, 0.3) is 28.0 Å². The van der Waals surface area contributed by atoms with Gasteiger partial charge in [-0.15, -0.1) is 4.98 Å². The first-order chi connectivity index (χ1) is 11.3. The van der Waals surface area contributed by atoms with Crippen molar-refractivity contribution < 1.29 is 4.57 Å². The second kappa shape index (κ2) is 5.54. The molecular weight excluding hydrogens is 282 g/mol. The van der Waals surface area contributed by atoms with Crippen molar-refractivity contribution in [2.75, 3.05) is 5.73 Å². The smallest absolute Gasteiger partial charge is 0.275 e. The zero-order valence-electron chi connectivity index (χ0n) is 12.6. The van der Waals surface area contributed by atoms with E-state index < -0.39 is 0 Å². The SMILES string of the molecule is Nc1c2ccccc2nc(-c2ccccc2)[n+]1-c1ccccc1. The molecule has 3 heteroatoms. The fourth-order valence-corrected chi connectivity index (χ4v) is 2.81. The lowest BCUT2D eigenvalue weighted by atomic mass is 10.1. The van der Waals surface area contributed by atoms with Gasteiger partial charge in [-0.05, 0) is 36.4 Å². The van der Waals surface area contributed by atoms with Gasteiger partial charge in [-0.25, -0.2) is 0 Å². The molecule has 4 rings (SSSR count). The quantitative estimate of drug-likeness (QED) is 0.573. The van der Waals surface area contributed by atoms with Gasteiger partial charge in [0.15, 0.2) is 5.52 Å². The lowest BCUT2D eigenvalue weighted by Crippen LogP contribution is -2.38. The van der Waals surface area contributed by atoms with Gasteiger partial charge in [0.05, 0.1) is 10.9 Å². The van der Waals surface area contributed by atoms with E-state index in [-0.39, 0.29) is 0 Å². The van der Waals surface area contributed by atoms with Crippen molar-refractivity contribution in [3.8, 4) is 17.1 Å². The summed E-state index contributed by atoms with van der Waals surface area (Å²) in [6.07, 6.45) is 0. The molecule has 23 heavy (non-hydrogen) atoms. The predicted molar refractivity (Wildman–Crippen MR) is 93.1 cm³/mol. The Bertz CT molecular complexity index is 964.